The highest BCUT2D eigenvalue weighted by molar-refractivity contribution is 7.82. The number of hydrogen-bond donors (Lipinski definition) is 1. The minimum atomic E-state index is -0.745. The van der Waals surface area contributed by atoms with Gasteiger partial charge in [-0.25, -0.2) is 8.51 Å². The first kappa shape index (κ1) is 9.16. The summed E-state index contributed by atoms with van der Waals surface area (Å²) in [5.74, 6) is 1.50. The Morgan fingerprint density at radius 1 is 1.73 bits per heavy atom. The van der Waals surface area contributed by atoms with Crippen LogP contribution < -0.4 is 5.73 Å². The van der Waals surface area contributed by atoms with Gasteiger partial charge in [0.25, 0.3) is 0 Å². The van der Waals surface area contributed by atoms with Gasteiger partial charge in [-0.15, -0.1) is 0 Å². The van der Waals surface area contributed by atoms with Crippen LogP contribution in [-0.2, 0) is 11.0 Å². The third-order valence-corrected chi connectivity index (χ3v) is 3.46. The quantitative estimate of drug-likeness (QED) is 0.641. The van der Waals surface area contributed by atoms with E-state index in [1.54, 1.807) is 0 Å². The van der Waals surface area contributed by atoms with Crippen LogP contribution in [0.15, 0.2) is 0 Å². The van der Waals surface area contributed by atoms with Gasteiger partial charge in [0, 0.05) is 25.4 Å². The molecule has 0 aromatic rings. The van der Waals surface area contributed by atoms with Crippen molar-refractivity contribution in [3.8, 4) is 0 Å². The molecule has 2 N–H and O–H groups in total. The fourth-order valence-electron chi connectivity index (χ4n) is 1.29. The summed E-state index contributed by atoms with van der Waals surface area (Å²) in [5, 5.41) is 0. The molecular weight excluding hydrogens is 160 g/mol. The predicted octanol–water partition coefficient (Wildman–Crippen LogP) is -0.0494. The van der Waals surface area contributed by atoms with E-state index in [0.29, 0.717) is 12.5 Å². The second-order valence-electron chi connectivity index (χ2n) is 3.10. The highest BCUT2D eigenvalue weighted by Gasteiger charge is 2.21. The molecule has 0 aromatic heterocycles. The molecule has 1 aliphatic heterocycles. The van der Waals surface area contributed by atoms with Gasteiger partial charge < -0.3 is 5.73 Å². The summed E-state index contributed by atoms with van der Waals surface area (Å²) in [5.41, 5.74) is 5.39. The molecule has 11 heavy (non-hydrogen) atoms. The molecule has 0 radical (unpaired) electrons. The highest BCUT2D eigenvalue weighted by atomic mass is 32.2. The number of nitrogens with two attached hydrogens (primary N) is 1. The summed E-state index contributed by atoms with van der Waals surface area (Å²) in [6, 6.07) is 0. The van der Waals surface area contributed by atoms with Crippen molar-refractivity contribution >= 4 is 11.0 Å². The SMILES string of the molecule is CC1CCS(=O)N(CCN)C1. The molecule has 2 atom stereocenters. The Kier molecular flexibility index (Phi) is 3.48. The minimum absolute atomic E-state index is 0.610. The molecular formula is C7H16N2OS. The average Bonchev–Trinajstić information content (AvgIpc) is 1.98. The van der Waals surface area contributed by atoms with E-state index >= 15 is 0 Å². The molecule has 0 amide bonds. The van der Waals surface area contributed by atoms with Crippen LogP contribution in [0.5, 0.6) is 0 Å². The van der Waals surface area contributed by atoms with Crippen LogP contribution in [0.25, 0.3) is 0 Å². The van der Waals surface area contributed by atoms with E-state index in [9.17, 15) is 4.21 Å². The summed E-state index contributed by atoms with van der Waals surface area (Å²) in [4.78, 5) is 0. The Hall–Kier alpha value is 0.0700. The van der Waals surface area contributed by atoms with Crippen LogP contribution in [0.2, 0.25) is 0 Å². The predicted molar refractivity (Wildman–Crippen MR) is 47.4 cm³/mol. The number of hydrogen-bond acceptors (Lipinski definition) is 2. The zero-order valence-electron chi connectivity index (χ0n) is 6.95. The summed E-state index contributed by atoms with van der Waals surface area (Å²) in [6.45, 7) is 4.53. The van der Waals surface area contributed by atoms with Crippen molar-refractivity contribution in [3.05, 3.63) is 0 Å². The zero-order chi connectivity index (χ0) is 8.27. The third kappa shape index (κ3) is 2.54. The molecule has 1 aliphatic rings. The van der Waals surface area contributed by atoms with Crippen LogP contribution in [0.4, 0.5) is 0 Å². The van der Waals surface area contributed by atoms with Crippen LogP contribution in [0.1, 0.15) is 13.3 Å². The monoisotopic (exact) mass is 176 g/mol. The summed E-state index contributed by atoms with van der Waals surface area (Å²) in [7, 11) is -0.745. The van der Waals surface area contributed by atoms with Crippen LogP contribution in [0, 0.1) is 5.92 Å². The molecule has 0 saturated carbocycles. The maximum atomic E-state index is 11.3. The molecule has 0 aromatic carbocycles. The van der Waals surface area contributed by atoms with Crippen molar-refractivity contribution in [2.75, 3.05) is 25.4 Å². The minimum Gasteiger partial charge on any atom is -0.329 e. The molecule has 1 fully saturated rings. The van der Waals surface area contributed by atoms with Gasteiger partial charge in [0.05, 0.1) is 11.0 Å². The lowest BCUT2D eigenvalue weighted by atomic mass is 10.1. The third-order valence-electron chi connectivity index (χ3n) is 1.97. The van der Waals surface area contributed by atoms with Crippen molar-refractivity contribution in [2.24, 2.45) is 11.7 Å². The maximum Gasteiger partial charge on any atom is 0.0943 e. The van der Waals surface area contributed by atoms with Gasteiger partial charge in [0.2, 0.25) is 0 Å². The van der Waals surface area contributed by atoms with E-state index < -0.39 is 11.0 Å². The zero-order valence-corrected chi connectivity index (χ0v) is 7.77. The second-order valence-corrected chi connectivity index (χ2v) is 4.66. The van der Waals surface area contributed by atoms with Crippen molar-refractivity contribution in [1.29, 1.82) is 0 Å². The summed E-state index contributed by atoms with van der Waals surface area (Å²) in [6.07, 6.45) is 1.09. The van der Waals surface area contributed by atoms with Crippen molar-refractivity contribution < 1.29 is 4.21 Å². The Bertz CT molecular complexity index is 151. The van der Waals surface area contributed by atoms with Crippen LogP contribution in [0.3, 0.4) is 0 Å². The van der Waals surface area contributed by atoms with Crippen molar-refractivity contribution in [2.45, 2.75) is 13.3 Å². The molecule has 66 valence electrons. The largest absolute Gasteiger partial charge is 0.329 e. The Balaban J connectivity index is 2.40. The molecule has 2 unspecified atom stereocenters. The lowest BCUT2D eigenvalue weighted by Gasteiger charge is -2.28. The lowest BCUT2D eigenvalue weighted by Crippen LogP contribution is -2.40. The maximum absolute atomic E-state index is 11.3. The molecule has 1 heterocycles. The number of nitrogens with zero attached hydrogens (tertiary/aromatic N) is 1. The molecule has 1 saturated heterocycles. The lowest BCUT2D eigenvalue weighted by molar-refractivity contribution is 0.353. The first-order chi connectivity index (χ1) is 5.24. The Morgan fingerprint density at radius 2 is 2.45 bits per heavy atom. The topological polar surface area (TPSA) is 46.3 Å². The number of rotatable bonds is 2. The Morgan fingerprint density at radius 3 is 3.09 bits per heavy atom. The van der Waals surface area contributed by atoms with E-state index in [2.05, 4.69) is 6.92 Å². The summed E-state index contributed by atoms with van der Waals surface area (Å²) < 4.78 is 13.3. The molecule has 0 aliphatic carbocycles. The van der Waals surface area contributed by atoms with E-state index in [-0.39, 0.29) is 0 Å². The average molecular weight is 176 g/mol. The standard InChI is InChI=1S/C7H16N2OS/c1-7-2-5-11(10)9(6-7)4-3-8/h7H,2-6,8H2,1H3. The van der Waals surface area contributed by atoms with Gasteiger partial charge in [-0.1, -0.05) is 6.92 Å². The molecule has 3 nitrogen and oxygen atoms in total. The fourth-order valence-corrected chi connectivity index (χ4v) is 2.88. The van der Waals surface area contributed by atoms with Crippen molar-refractivity contribution in [3.63, 3.8) is 0 Å². The van der Waals surface area contributed by atoms with Gasteiger partial charge in [-0.2, -0.15) is 0 Å². The molecule has 0 bridgehead atoms. The molecule has 1 rings (SSSR count). The van der Waals surface area contributed by atoms with E-state index in [4.69, 9.17) is 5.73 Å². The van der Waals surface area contributed by atoms with Crippen LogP contribution in [-0.4, -0.2) is 33.9 Å². The van der Waals surface area contributed by atoms with Crippen LogP contribution >= 0.6 is 0 Å². The van der Waals surface area contributed by atoms with Gasteiger partial charge in [0.1, 0.15) is 0 Å². The smallest absolute Gasteiger partial charge is 0.0943 e. The van der Waals surface area contributed by atoms with Gasteiger partial charge in [-0.05, 0) is 12.3 Å². The van der Waals surface area contributed by atoms with Gasteiger partial charge >= 0.3 is 0 Å². The van der Waals surface area contributed by atoms with Gasteiger partial charge in [0.15, 0.2) is 0 Å². The highest BCUT2D eigenvalue weighted by Crippen LogP contribution is 2.14. The van der Waals surface area contributed by atoms with Crippen molar-refractivity contribution in [1.82, 2.24) is 4.31 Å². The van der Waals surface area contributed by atoms with E-state index in [0.717, 1.165) is 25.3 Å². The first-order valence-electron chi connectivity index (χ1n) is 4.07. The fraction of sp³-hybridized carbons (Fsp3) is 1.00. The van der Waals surface area contributed by atoms with E-state index in [1.165, 1.54) is 0 Å². The molecule has 0 spiro atoms. The Labute approximate surface area is 70.5 Å². The first-order valence-corrected chi connectivity index (χ1v) is 5.35. The normalized spacial score (nSPS) is 34.0. The second kappa shape index (κ2) is 4.18. The van der Waals surface area contributed by atoms with E-state index in [1.807, 2.05) is 4.31 Å². The summed E-state index contributed by atoms with van der Waals surface area (Å²) >= 11 is 0. The molecule has 4 heteroatoms. The van der Waals surface area contributed by atoms with Gasteiger partial charge in [-0.3, -0.25) is 0 Å².